The van der Waals surface area contributed by atoms with Gasteiger partial charge in [0.1, 0.15) is 11.8 Å². The molecule has 0 unspecified atom stereocenters. The van der Waals surface area contributed by atoms with Crippen LogP contribution in [0.1, 0.15) is 31.5 Å². The van der Waals surface area contributed by atoms with Crippen LogP contribution in [0.4, 0.5) is 5.13 Å². The Morgan fingerprint density at radius 3 is 2.90 bits per heavy atom. The first-order valence-corrected chi connectivity index (χ1v) is 10.0. The molecule has 1 N–H and O–H groups in total. The minimum atomic E-state index is -0.346. The third-order valence-corrected chi connectivity index (χ3v) is 5.87. The second-order valence-electron chi connectivity index (χ2n) is 6.80. The molecule has 150 valence electrons. The summed E-state index contributed by atoms with van der Waals surface area (Å²) >= 11 is 1.32. The normalized spacial score (nSPS) is 13.3. The molecule has 4 aromatic rings. The first kappa shape index (κ1) is 18.3. The van der Waals surface area contributed by atoms with Gasteiger partial charge in [-0.05, 0) is 18.2 Å². The van der Waals surface area contributed by atoms with Crippen molar-refractivity contribution >= 4 is 39.3 Å². The average Bonchev–Trinajstić information content (AvgIpc) is 3.42. The maximum atomic E-state index is 12.9. The molecule has 4 heterocycles. The molecule has 0 aliphatic carbocycles. The number of benzene rings is 1. The summed E-state index contributed by atoms with van der Waals surface area (Å²) in [5.41, 5.74) is 1.39. The van der Waals surface area contributed by atoms with Gasteiger partial charge in [0.05, 0.1) is 29.5 Å². The standard InChI is InChI=1S/C21H15N3O5S/c25-15-9-17(29-16-4-2-1-3-13(15)16)20(27)24-7-5-14-18(10-24)30-21(22-14)23-19(26)12-6-8-28-11-12/h1-4,6,8-9,11H,5,7,10H2,(H,22,23,26). The molecule has 2 amide bonds. The number of rotatable bonds is 3. The highest BCUT2D eigenvalue weighted by Gasteiger charge is 2.27. The molecule has 8 nitrogen and oxygen atoms in total. The third-order valence-electron chi connectivity index (χ3n) is 4.87. The Labute approximate surface area is 173 Å². The van der Waals surface area contributed by atoms with Crippen LogP contribution in [0.2, 0.25) is 0 Å². The molecule has 0 fully saturated rings. The van der Waals surface area contributed by atoms with Gasteiger partial charge in [0, 0.05) is 23.9 Å². The number of aromatic nitrogens is 1. The lowest BCUT2D eigenvalue weighted by Crippen LogP contribution is -2.35. The number of carbonyl (C=O) groups excluding carboxylic acids is 2. The van der Waals surface area contributed by atoms with E-state index in [1.165, 1.54) is 29.9 Å². The third kappa shape index (κ3) is 3.29. The number of thiazole rings is 1. The number of furan rings is 1. The molecule has 5 rings (SSSR count). The van der Waals surface area contributed by atoms with E-state index in [9.17, 15) is 14.4 Å². The first-order chi connectivity index (χ1) is 14.6. The maximum Gasteiger partial charge on any atom is 0.290 e. The van der Waals surface area contributed by atoms with Crippen LogP contribution in [-0.2, 0) is 13.0 Å². The summed E-state index contributed by atoms with van der Waals surface area (Å²) in [4.78, 5) is 44.4. The largest absolute Gasteiger partial charge is 0.472 e. The van der Waals surface area contributed by atoms with E-state index in [2.05, 4.69) is 10.3 Å². The molecule has 1 aromatic carbocycles. The molecule has 0 saturated heterocycles. The van der Waals surface area contributed by atoms with Crippen molar-refractivity contribution in [1.29, 1.82) is 0 Å². The van der Waals surface area contributed by atoms with Gasteiger partial charge in [-0.2, -0.15) is 0 Å². The van der Waals surface area contributed by atoms with Crippen molar-refractivity contribution in [2.24, 2.45) is 0 Å². The summed E-state index contributed by atoms with van der Waals surface area (Å²) in [6.45, 7) is 0.783. The van der Waals surface area contributed by atoms with Gasteiger partial charge >= 0.3 is 0 Å². The minimum absolute atomic E-state index is 0.0140. The van der Waals surface area contributed by atoms with Crippen molar-refractivity contribution in [2.45, 2.75) is 13.0 Å². The van der Waals surface area contributed by atoms with Crippen LogP contribution in [0.3, 0.4) is 0 Å². The number of nitrogens with one attached hydrogen (secondary N) is 1. The Morgan fingerprint density at radius 2 is 2.07 bits per heavy atom. The summed E-state index contributed by atoms with van der Waals surface area (Å²) in [6.07, 6.45) is 3.34. The molecule has 3 aromatic heterocycles. The van der Waals surface area contributed by atoms with E-state index in [0.717, 1.165) is 10.6 Å². The zero-order valence-corrected chi connectivity index (χ0v) is 16.4. The number of fused-ring (bicyclic) bond motifs is 2. The van der Waals surface area contributed by atoms with Gasteiger partial charge in [-0.25, -0.2) is 4.98 Å². The SMILES string of the molecule is O=C(Nc1nc2c(s1)CN(C(=O)c1cc(=O)c3ccccc3o1)CC2)c1ccoc1. The van der Waals surface area contributed by atoms with Crippen LogP contribution in [0.15, 0.2) is 62.6 Å². The van der Waals surface area contributed by atoms with Crippen molar-refractivity contribution < 1.29 is 18.4 Å². The summed E-state index contributed by atoms with van der Waals surface area (Å²) in [5.74, 6) is -0.637. The lowest BCUT2D eigenvalue weighted by molar-refractivity contribution is 0.0704. The summed E-state index contributed by atoms with van der Waals surface area (Å²) < 4.78 is 10.6. The highest BCUT2D eigenvalue weighted by atomic mass is 32.1. The quantitative estimate of drug-likeness (QED) is 0.544. The zero-order chi connectivity index (χ0) is 20.7. The van der Waals surface area contributed by atoms with Gasteiger partial charge in [-0.15, -0.1) is 0 Å². The zero-order valence-electron chi connectivity index (χ0n) is 15.6. The predicted molar refractivity (Wildman–Crippen MR) is 110 cm³/mol. The van der Waals surface area contributed by atoms with Crippen LogP contribution in [0, 0.1) is 0 Å². The van der Waals surface area contributed by atoms with Crippen LogP contribution in [0.5, 0.6) is 0 Å². The highest BCUT2D eigenvalue weighted by molar-refractivity contribution is 7.15. The van der Waals surface area contributed by atoms with Gasteiger partial charge in [-0.3, -0.25) is 19.7 Å². The summed E-state index contributed by atoms with van der Waals surface area (Å²) in [7, 11) is 0. The highest BCUT2D eigenvalue weighted by Crippen LogP contribution is 2.29. The number of hydrogen-bond acceptors (Lipinski definition) is 7. The fourth-order valence-electron chi connectivity index (χ4n) is 3.35. The number of anilines is 1. The molecule has 30 heavy (non-hydrogen) atoms. The molecule has 1 aliphatic heterocycles. The number of carbonyl (C=O) groups is 2. The molecule has 0 saturated carbocycles. The lowest BCUT2D eigenvalue weighted by atomic mass is 10.1. The van der Waals surface area contributed by atoms with Gasteiger partial charge in [0.15, 0.2) is 16.3 Å². The van der Waals surface area contributed by atoms with E-state index in [-0.39, 0.29) is 23.0 Å². The number of hydrogen-bond donors (Lipinski definition) is 1. The molecule has 1 aliphatic rings. The smallest absolute Gasteiger partial charge is 0.290 e. The van der Waals surface area contributed by atoms with E-state index in [1.807, 2.05) is 0 Å². The number of amides is 2. The average molecular weight is 421 g/mol. The Balaban J connectivity index is 1.35. The van der Waals surface area contributed by atoms with Gasteiger partial charge in [0.25, 0.3) is 11.8 Å². The molecule has 0 bridgehead atoms. The summed E-state index contributed by atoms with van der Waals surface area (Å²) in [5, 5.41) is 3.66. The van der Waals surface area contributed by atoms with Crippen LogP contribution in [0.25, 0.3) is 11.0 Å². The van der Waals surface area contributed by atoms with Crippen LogP contribution < -0.4 is 10.7 Å². The minimum Gasteiger partial charge on any atom is -0.472 e. The van der Waals surface area contributed by atoms with E-state index in [0.29, 0.717) is 41.2 Å². The van der Waals surface area contributed by atoms with Gasteiger partial charge in [-0.1, -0.05) is 23.5 Å². The predicted octanol–water partition coefficient (Wildman–Crippen LogP) is 3.29. The van der Waals surface area contributed by atoms with E-state index in [1.54, 1.807) is 35.2 Å². The van der Waals surface area contributed by atoms with Crippen LogP contribution in [-0.4, -0.2) is 28.2 Å². The Hall–Kier alpha value is -3.72. The monoisotopic (exact) mass is 421 g/mol. The molecular formula is C21H15N3O5S. The lowest BCUT2D eigenvalue weighted by Gasteiger charge is -2.25. The van der Waals surface area contributed by atoms with Crippen molar-refractivity contribution in [3.05, 3.63) is 81.0 Å². The van der Waals surface area contributed by atoms with Crippen molar-refractivity contribution in [3.63, 3.8) is 0 Å². The second-order valence-corrected chi connectivity index (χ2v) is 7.89. The molecule has 0 radical (unpaired) electrons. The molecular weight excluding hydrogens is 406 g/mol. The Bertz CT molecular complexity index is 1320. The van der Waals surface area contributed by atoms with E-state index in [4.69, 9.17) is 8.83 Å². The molecule has 9 heteroatoms. The Morgan fingerprint density at radius 1 is 1.20 bits per heavy atom. The van der Waals surface area contributed by atoms with Crippen molar-refractivity contribution in [3.8, 4) is 0 Å². The van der Waals surface area contributed by atoms with Gasteiger partial charge in [0.2, 0.25) is 0 Å². The summed E-state index contributed by atoms with van der Waals surface area (Å²) in [6, 6.07) is 9.65. The number of nitrogens with zero attached hydrogens (tertiary/aromatic N) is 2. The maximum absolute atomic E-state index is 12.9. The van der Waals surface area contributed by atoms with E-state index < -0.39 is 0 Å². The van der Waals surface area contributed by atoms with Gasteiger partial charge < -0.3 is 13.7 Å². The fraction of sp³-hybridized carbons (Fsp3) is 0.143. The van der Waals surface area contributed by atoms with E-state index >= 15 is 0 Å². The fourth-order valence-corrected chi connectivity index (χ4v) is 4.37. The Kier molecular flexibility index (Phi) is 4.44. The molecule has 0 spiro atoms. The van der Waals surface area contributed by atoms with Crippen LogP contribution >= 0.6 is 11.3 Å². The second kappa shape index (κ2) is 7.27. The topological polar surface area (TPSA) is 106 Å². The first-order valence-electron chi connectivity index (χ1n) is 9.23. The van der Waals surface area contributed by atoms with Crippen molar-refractivity contribution in [2.75, 3.05) is 11.9 Å². The molecule has 0 atom stereocenters. The number of para-hydroxylation sites is 1. The van der Waals surface area contributed by atoms with Crippen molar-refractivity contribution in [1.82, 2.24) is 9.88 Å².